The summed E-state index contributed by atoms with van der Waals surface area (Å²) in [5.74, 6) is -4.87. The molecule has 2 aromatic rings. The minimum absolute atomic E-state index is 0.118. The molecule has 0 unspecified atom stereocenters. The largest absolute Gasteiger partial charge is 0.444 e. The predicted molar refractivity (Wildman–Crippen MR) is 146 cm³/mol. The van der Waals surface area contributed by atoms with Crippen molar-refractivity contribution in [1.29, 1.82) is 0 Å². The van der Waals surface area contributed by atoms with E-state index in [0.29, 0.717) is 0 Å². The van der Waals surface area contributed by atoms with Gasteiger partial charge in [-0.3, -0.25) is 9.80 Å². The number of carbonyl (C=O) groups excluding carboxylic acids is 2. The summed E-state index contributed by atoms with van der Waals surface area (Å²) in [6, 6.07) is 16.2. The highest BCUT2D eigenvalue weighted by molar-refractivity contribution is 5.70. The Morgan fingerprint density at radius 3 is 1.35 bits per heavy atom. The second-order valence-electron chi connectivity index (χ2n) is 12.3. The number of ether oxygens (including phenoxy) is 4. The Labute approximate surface area is 235 Å². The Kier molecular flexibility index (Phi) is 8.20. The number of aliphatic hydroxyl groups is 2. The van der Waals surface area contributed by atoms with Crippen molar-refractivity contribution in [2.75, 3.05) is 13.5 Å². The number of hydrogen-bond acceptors (Lipinski definition) is 8. The second-order valence-corrected chi connectivity index (χ2v) is 12.3. The van der Waals surface area contributed by atoms with Crippen LogP contribution in [0.25, 0.3) is 0 Å². The molecule has 0 aromatic heterocycles. The van der Waals surface area contributed by atoms with Crippen LogP contribution in [0.3, 0.4) is 0 Å². The summed E-state index contributed by atoms with van der Waals surface area (Å²) in [6.45, 7) is 9.71. The maximum absolute atomic E-state index is 13.3. The minimum Gasteiger partial charge on any atom is -0.444 e. The molecule has 2 fully saturated rings. The van der Waals surface area contributed by atoms with Crippen molar-refractivity contribution in [3.63, 3.8) is 0 Å². The Balaban J connectivity index is 1.75. The van der Waals surface area contributed by atoms with Crippen molar-refractivity contribution in [3.05, 3.63) is 71.8 Å². The minimum atomic E-state index is -2.43. The lowest BCUT2D eigenvalue weighted by atomic mass is 9.85. The van der Waals surface area contributed by atoms with Gasteiger partial charge in [0.1, 0.15) is 36.7 Å². The fourth-order valence-corrected chi connectivity index (χ4v) is 4.99. The van der Waals surface area contributed by atoms with Crippen molar-refractivity contribution in [2.45, 2.75) is 89.2 Å². The van der Waals surface area contributed by atoms with E-state index in [-0.39, 0.29) is 26.3 Å². The molecule has 4 atom stereocenters. The maximum atomic E-state index is 13.3. The number of benzene rings is 2. The molecule has 10 nitrogen and oxygen atoms in total. The number of carbonyl (C=O) groups is 2. The van der Waals surface area contributed by atoms with Crippen molar-refractivity contribution in [2.24, 2.45) is 0 Å². The van der Waals surface area contributed by atoms with Crippen LogP contribution in [-0.4, -0.2) is 80.5 Å². The molecule has 2 saturated heterocycles. The molecule has 2 aliphatic rings. The van der Waals surface area contributed by atoms with Gasteiger partial charge in [0.15, 0.2) is 0 Å². The Hall–Kier alpha value is -3.18. The summed E-state index contributed by atoms with van der Waals surface area (Å²) in [5.41, 5.74) is -0.0383. The molecule has 2 heterocycles. The first kappa shape index (κ1) is 29.8. The van der Waals surface area contributed by atoms with Crippen LogP contribution in [0.4, 0.5) is 9.59 Å². The quantitative estimate of drug-likeness (QED) is 0.567. The summed E-state index contributed by atoms with van der Waals surface area (Å²) in [5, 5.41) is 24.5. The Morgan fingerprint density at radius 2 is 1.05 bits per heavy atom. The molecule has 0 saturated carbocycles. The van der Waals surface area contributed by atoms with E-state index in [1.54, 1.807) is 41.5 Å². The monoisotopic (exact) mass is 556 g/mol. The van der Waals surface area contributed by atoms with Gasteiger partial charge in [0.05, 0.1) is 0 Å². The van der Waals surface area contributed by atoms with Crippen molar-refractivity contribution in [1.82, 2.24) is 9.80 Å². The zero-order valence-corrected chi connectivity index (χ0v) is 24.0. The van der Waals surface area contributed by atoms with Gasteiger partial charge in [0.25, 0.3) is 0 Å². The Morgan fingerprint density at radius 1 is 0.725 bits per heavy atom. The zero-order chi connectivity index (χ0) is 29.3. The van der Waals surface area contributed by atoms with Gasteiger partial charge in [-0.25, -0.2) is 9.59 Å². The highest BCUT2D eigenvalue weighted by Crippen LogP contribution is 2.45. The number of nitrogens with zero attached hydrogens (tertiary/aromatic N) is 2. The third kappa shape index (κ3) is 6.25. The molecule has 0 spiro atoms. The standard InChI is InChI=1S/C30H40N2O8/c1-27(2,3)39-25(33)31-19-37-29(35,23(31)17-21-13-9-7-10-14-21)30(36)24(18-22-15-11-8-12-16-22)32(20-38-30)26(34)40-28(4,5)6/h7-16,23-24,35-36H,17-20H2,1-6H3/t23-,24-,29+,30+/m0/s1. The van der Waals surface area contributed by atoms with Crippen LogP contribution in [0.2, 0.25) is 0 Å². The summed E-state index contributed by atoms with van der Waals surface area (Å²) < 4.78 is 23.0. The zero-order valence-electron chi connectivity index (χ0n) is 24.0. The summed E-state index contributed by atoms with van der Waals surface area (Å²) >= 11 is 0. The SMILES string of the molecule is CC(C)(C)OC(=O)N1CO[C@@](O)([C@]2(O)OCN(C(=O)OC(C)(C)C)[C@H]2Cc2ccccc2)[C@@H]1Cc1ccccc1. The molecule has 2 amide bonds. The molecule has 218 valence electrons. The second kappa shape index (κ2) is 11.0. The van der Waals surface area contributed by atoms with Gasteiger partial charge < -0.3 is 29.2 Å². The normalized spacial score (nSPS) is 27.1. The van der Waals surface area contributed by atoms with E-state index in [1.807, 2.05) is 60.7 Å². The van der Waals surface area contributed by atoms with E-state index in [4.69, 9.17) is 18.9 Å². The van der Waals surface area contributed by atoms with Crippen LogP contribution in [0.1, 0.15) is 52.7 Å². The van der Waals surface area contributed by atoms with Gasteiger partial charge >= 0.3 is 12.2 Å². The van der Waals surface area contributed by atoms with Gasteiger partial charge in [0, 0.05) is 0 Å². The lowest BCUT2D eigenvalue weighted by Crippen LogP contribution is -2.68. The highest BCUT2D eigenvalue weighted by Gasteiger charge is 2.70. The molecule has 0 bridgehead atoms. The van der Waals surface area contributed by atoms with E-state index < -0.39 is 47.0 Å². The highest BCUT2D eigenvalue weighted by atomic mass is 16.7. The van der Waals surface area contributed by atoms with Crippen LogP contribution in [0.15, 0.2) is 60.7 Å². The van der Waals surface area contributed by atoms with Crippen LogP contribution >= 0.6 is 0 Å². The van der Waals surface area contributed by atoms with E-state index in [9.17, 15) is 19.8 Å². The molecule has 10 heteroatoms. The van der Waals surface area contributed by atoms with Gasteiger partial charge in [-0.05, 0) is 65.5 Å². The van der Waals surface area contributed by atoms with Gasteiger partial charge in [0.2, 0.25) is 11.6 Å². The van der Waals surface area contributed by atoms with Gasteiger partial charge in [-0.15, -0.1) is 0 Å². The molecule has 0 aliphatic carbocycles. The predicted octanol–water partition coefficient (Wildman–Crippen LogP) is 4.04. The van der Waals surface area contributed by atoms with Crippen molar-refractivity contribution in [3.8, 4) is 0 Å². The third-order valence-electron chi connectivity index (χ3n) is 6.82. The number of amides is 2. The molecule has 0 radical (unpaired) electrons. The van der Waals surface area contributed by atoms with Crippen LogP contribution in [0, 0.1) is 0 Å². The number of rotatable bonds is 5. The molecule has 2 aliphatic heterocycles. The lowest BCUT2D eigenvalue weighted by molar-refractivity contribution is -0.366. The van der Waals surface area contributed by atoms with E-state index >= 15 is 0 Å². The van der Waals surface area contributed by atoms with Gasteiger partial charge in [-0.2, -0.15) is 0 Å². The van der Waals surface area contributed by atoms with Crippen LogP contribution in [0.5, 0.6) is 0 Å². The first-order valence-corrected chi connectivity index (χ1v) is 13.4. The molecule has 2 aromatic carbocycles. The Bertz CT molecular complexity index is 1090. The summed E-state index contributed by atoms with van der Waals surface area (Å²) in [6.07, 6.45) is -1.19. The van der Waals surface area contributed by atoms with Crippen LogP contribution in [-0.2, 0) is 31.8 Å². The van der Waals surface area contributed by atoms with Crippen molar-refractivity contribution >= 4 is 12.2 Å². The molecule has 2 N–H and O–H groups in total. The van der Waals surface area contributed by atoms with E-state index in [1.165, 1.54) is 9.80 Å². The van der Waals surface area contributed by atoms with Crippen molar-refractivity contribution < 1.29 is 38.7 Å². The van der Waals surface area contributed by atoms with Gasteiger partial charge in [-0.1, -0.05) is 60.7 Å². The molecule has 40 heavy (non-hydrogen) atoms. The summed E-state index contributed by atoms with van der Waals surface area (Å²) in [4.78, 5) is 29.0. The molecular weight excluding hydrogens is 516 g/mol. The topological polar surface area (TPSA) is 118 Å². The average Bonchev–Trinajstić information content (AvgIpc) is 3.37. The third-order valence-corrected chi connectivity index (χ3v) is 6.82. The fraction of sp³-hybridized carbons (Fsp3) is 0.533. The molecule has 4 rings (SSSR count). The first-order valence-electron chi connectivity index (χ1n) is 13.4. The average molecular weight is 557 g/mol. The number of hydrogen-bond donors (Lipinski definition) is 2. The molecular formula is C30H40N2O8. The van der Waals surface area contributed by atoms with E-state index in [2.05, 4.69) is 0 Å². The smallest absolute Gasteiger partial charge is 0.412 e. The van der Waals surface area contributed by atoms with Crippen LogP contribution < -0.4 is 0 Å². The first-order chi connectivity index (χ1) is 18.6. The van der Waals surface area contributed by atoms with E-state index in [0.717, 1.165) is 11.1 Å². The fourth-order valence-electron chi connectivity index (χ4n) is 4.99. The summed E-state index contributed by atoms with van der Waals surface area (Å²) in [7, 11) is 0. The lowest BCUT2D eigenvalue weighted by Gasteiger charge is -2.43. The maximum Gasteiger partial charge on any atom is 0.412 e.